The molecule has 3 nitrogen and oxygen atoms in total. The topological polar surface area (TPSA) is 43.4 Å². The van der Waals surface area contributed by atoms with E-state index >= 15 is 0 Å². The summed E-state index contributed by atoms with van der Waals surface area (Å²) in [6.07, 6.45) is 0. The Kier molecular flexibility index (Phi) is 4.30. The summed E-state index contributed by atoms with van der Waals surface area (Å²) in [4.78, 5) is -0.694. The molecule has 0 unspecified atom stereocenters. The fourth-order valence-corrected chi connectivity index (χ4v) is 2.89. The lowest BCUT2D eigenvalue weighted by Crippen LogP contribution is -2.14. The summed E-state index contributed by atoms with van der Waals surface area (Å²) in [6.45, 7) is 0. The Morgan fingerprint density at radius 3 is 1.77 bits per heavy atom. The molecule has 2 aromatic rings. The molecule has 0 bridgehead atoms. The molecule has 0 amide bonds. The van der Waals surface area contributed by atoms with E-state index in [1.54, 1.807) is 0 Å². The number of hydrogen-bond donors (Lipinski definition) is 0. The van der Waals surface area contributed by atoms with Crippen molar-refractivity contribution in [2.75, 3.05) is 0 Å². The van der Waals surface area contributed by atoms with E-state index in [4.69, 9.17) is 11.6 Å². The third-order valence-electron chi connectivity index (χ3n) is 2.47. The Bertz CT molecular complexity index is 825. The normalized spacial score (nSPS) is 11.5. The highest BCUT2D eigenvalue weighted by Crippen LogP contribution is 2.32. The molecular weight excluding hydrogens is 355 g/mol. The van der Waals surface area contributed by atoms with Crippen LogP contribution in [0.3, 0.4) is 0 Å². The highest BCUT2D eigenvalue weighted by molar-refractivity contribution is 7.87. The second-order valence-corrected chi connectivity index (χ2v) is 5.79. The highest BCUT2D eigenvalue weighted by atomic mass is 35.5. The Balaban J connectivity index is 2.59. The van der Waals surface area contributed by atoms with Gasteiger partial charge in [-0.3, -0.25) is 0 Å². The third kappa shape index (κ3) is 2.73. The first-order valence-corrected chi connectivity index (χ1v) is 7.16. The molecule has 0 fully saturated rings. The SMILES string of the molecule is O=S(=O)(Oc1c(F)c(F)c(F)c(F)c1F)c1ccccc1Cl. The second kappa shape index (κ2) is 5.73. The summed E-state index contributed by atoms with van der Waals surface area (Å²) < 4.78 is 93.4. The van der Waals surface area contributed by atoms with Crippen molar-refractivity contribution >= 4 is 21.7 Å². The van der Waals surface area contributed by atoms with Crippen LogP contribution in [0.2, 0.25) is 5.02 Å². The summed E-state index contributed by atoms with van der Waals surface area (Å²) in [6, 6.07) is 4.65. The molecule has 0 spiro atoms. The minimum atomic E-state index is -4.90. The Morgan fingerprint density at radius 1 is 0.818 bits per heavy atom. The predicted molar refractivity (Wildman–Crippen MR) is 65.5 cm³/mol. The van der Waals surface area contributed by atoms with Gasteiger partial charge in [0.2, 0.25) is 34.8 Å². The van der Waals surface area contributed by atoms with E-state index in [2.05, 4.69) is 4.18 Å². The van der Waals surface area contributed by atoms with Gasteiger partial charge >= 0.3 is 10.1 Å². The van der Waals surface area contributed by atoms with E-state index in [0.29, 0.717) is 0 Å². The molecule has 22 heavy (non-hydrogen) atoms. The van der Waals surface area contributed by atoms with Crippen molar-refractivity contribution in [3.63, 3.8) is 0 Å². The molecule has 2 aromatic carbocycles. The smallest absolute Gasteiger partial charge is 0.340 e. The monoisotopic (exact) mass is 358 g/mol. The van der Waals surface area contributed by atoms with Crippen LogP contribution in [0.1, 0.15) is 0 Å². The minimum Gasteiger partial charge on any atom is -0.372 e. The zero-order chi connectivity index (χ0) is 16.7. The molecule has 0 aliphatic rings. The molecule has 0 aliphatic heterocycles. The fraction of sp³-hybridized carbons (Fsp3) is 0. The number of hydrogen-bond acceptors (Lipinski definition) is 3. The van der Waals surface area contributed by atoms with E-state index < -0.39 is 49.8 Å². The Labute approximate surface area is 126 Å². The molecule has 0 aromatic heterocycles. The predicted octanol–water partition coefficient (Wildman–Crippen LogP) is 3.80. The standard InChI is InChI=1S/C12H4ClF5O3S/c13-5-3-1-2-4-6(5)22(19,20)21-12-10(17)8(15)7(14)9(16)11(12)18/h1-4H. The lowest BCUT2D eigenvalue weighted by atomic mass is 10.3. The van der Waals surface area contributed by atoms with Crippen LogP contribution in [0.15, 0.2) is 29.2 Å². The van der Waals surface area contributed by atoms with Gasteiger partial charge in [0.05, 0.1) is 5.02 Å². The Morgan fingerprint density at radius 2 is 1.27 bits per heavy atom. The quantitative estimate of drug-likeness (QED) is 0.363. The first kappa shape index (κ1) is 16.5. The van der Waals surface area contributed by atoms with Crippen molar-refractivity contribution in [3.05, 3.63) is 58.4 Å². The maximum absolute atomic E-state index is 13.4. The van der Waals surface area contributed by atoms with Crippen LogP contribution in [0.25, 0.3) is 0 Å². The average molecular weight is 359 g/mol. The van der Waals surface area contributed by atoms with Gasteiger partial charge in [-0.25, -0.2) is 13.2 Å². The molecule has 0 heterocycles. The first-order valence-electron chi connectivity index (χ1n) is 5.37. The van der Waals surface area contributed by atoms with Crippen molar-refractivity contribution in [2.24, 2.45) is 0 Å². The summed E-state index contributed by atoms with van der Waals surface area (Å²) >= 11 is 5.59. The molecule has 0 N–H and O–H groups in total. The number of halogens is 6. The van der Waals surface area contributed by atoms with Gasteiger partial charge in [0, 0.05) is 0 Å². The zero-order valence-electron chi connectivity index (χ0n) is 10.2. The molecule has 0 saturated heterocycles. The van der Waals surface area contributed by atoms with Gasteiger partial charge in [-0.2, -0.15) is 17.2 Å². The average Bonchev–Trinajstić information content (AvgIpc) is 2.48. The summed E-state index contributed by atoms with van der Waals surface area (Å²) in [5.41, 5.74) is 0. The van der Waals surface area contributed by atoms with Crippen LogP contribution in [0.5, 0.6) is 5.75 Å². The van der Waals surface area contributed by atoms with Crippen molar-refractivity contribution in [1.82, 2.24) is 0 Å². The van der Waals surface area contributed by atoms with Gasteiger partial charge in [0.1, 0.15) is 4.90 Å². The first-order chi connectivity index (χ1) is 10.2. The lowest BCUT2D eigenvalue weighted by molar-refractivity contribution is 0.346. The van der Waals surface area contributed by atoms with E-state index in [1.807, 2.05) is 0 Å². The maximum Gasteiger partial charge on any atom is 0.340 e. The summed E-state index contributed by atoms with van der Waals surface area (Å²) in [5, 5.41) is -0.355. The van der Waals surface area contributed by atoms with Gasteiger partial charge in [0.15, 0.2) is 0 Å². The fourth-order valence-electron chi connectivity index (χ4n) is 1.46. The van der Waals surface area contributed by atoms with Crippen LogP contribution in [-0.4, -0.2) is 8.42 Å². The minimum absolute atomic E-state index is 0.355. The largest absolute Gasteiger partial charge is 0.372 e. The van der Waals surface area contributed by atoms with Crippen LogP contribution < -0.4 is 4.18 Å². The second-order valence-electron chi connectivity index (χ2n) is 3.87. The van der Waals surface area contributed by atoms with E-state index in [0.717, 1.165) is 12.1 Å². The highest BCUT2D eigenvalue weighted by Gasteiger charge is 2.31. The molecule has 0 aliphatic carbocycles. The molecule has 2 rings (SSSR count). The van der Waals surface area contributed by atoms with Crippen molar-refractivity contribution < 1.29 is 34.6 Å². The van der Waals surface area contributed by atoms with Gasteiger partial charge in [-0.05, 0) is 12.1 Å². The van der Waals surface area contributed by atoms with Crippen LogP contribution in [0, 0.1) is 29.1 Å². The van der Waals surface area contributed by atoms with E-state index in [-0.39, 0.29) is 5.02 Å². The maximum atomic E-state index is 13.4. The van der Waals surface area contributed by atoms with E-state index in [9.17, 15) is 30.4 Å². The van der Waals surface area contributed by atoms with Gasteiger partial charge in [0.25, 0.3) is 0 Å². The van der Waals surface area contributed by atoms with Crippen molar-refractivity contribution in [3.8, 4) is 5.75 Å². The summed E-state index contributed by atoms with van der Waals surface area (Å²) in [7, 11) is -4.90. The van der Waals surface area contributed by atoms with Crippen LogP contribution >= 0.6 is 11.6 Å². The molecule has 0 atom stereocenters. The Hall–Kier alpha value is -1.87. The third-order valence-corrected chi connectivity index (χ3v) is 4.19. The van der Waals surface area contributed by atoms with Gasteiger partial charge in [-0.15, -0.1) is 0 Å². The van der Waals surface area contributed by atoms with Gasteiger partial charge in [-0.1, -0.05) is 23.7 Å². The lowest BCUT2D eigenvalue weighted by Gasteiger charge is -2.11. The summed E-state index contributed by atoms with van der Waals surface area (Å²) in [5.74, 6) is -13.8. The molecule has 0 radical (unpaired) electrons. The zero-order valence-corrected chi connectivity index (χ0v) is 11.8. The van der Waals surface area contributed by atoms with Gasteiger partial charge < -0.3 is 4.18 Å². The molecule has 0 saturated carbocycles. The van der Waals surface area contributed by atoms with Crippen molar-refractivity contribution in [1.29, 1.82) is 0 Å². The van der Waals surface area contributed by atoms with Crippen LogP contribution in [0.4, 0.5) is 22.0 Å². The molecule has 10 heteroatoms. The number of benzene rings is 2. The molecule has 118 valence electrons. The van der Waals surface area contributed by atoms with E-state index in [1.165, 1.54) is 12.1 Å². The van der Waals surface area contributed by atoms with Crippen molar-refractivity contribution in [2.45, 2.75) is 4.90 Å². The molecular formula is C12H4ClF5O3S. The number of rotatable bonds is 3. The van der Waals surface area contributed by atoms with Crippen LogP contribution in [-0.2, 0) is 10.1 Å².